The largest absolute Gasteiger partial charge is 0.440 e. The molecule has 1 heterocycles. The Labute approximate surface area is 96.7 Å². The number of aromatic nitrogens is 1. The summed E-state index contributed by atoms with van der Waals surface area (Å²) in [6, 6.07) is 6.29. The highest BCUT2D eigenvalue weighted by Crippen LogP contribution is 2.27. The van der Waals surface area contributed by atoms with Crippen LogP contribution in [0.5, 0.6) is 0 Å². The fraction of sp³-hybridized carbons (Fsp3) is 0.500. The molecule has 0 bridgehead atoms. The zero-order valence-corrected chi connectivity index (χ0v) is 10.7. The zero-order chi connectivity index (χ0) is 11.9. The van der Waals surface area contributed by atoms with Crippen LogP contribution >= 0.6 is 0 Å². The lowest BCUT2D eigenvalue weighted by Gasteiger charge is -2.18. The third kappa shape index (κ3) is 1.97. The molecule has 2 rings (SSSR count). The molecule has 0 unspecified atom stereocenters. The molecule has 0 N–H and O–H groups in total. The van der Waals surface area contributed by atoms with Crippen molar-refractivity contribution in [3.8, 4) is 0 Å². The molecule has 0 spiro atoms. The van der Waals surface area contributed by atoms with Crippen LogP contribution in [0.3, 0.4) is 0 Å². The predicted octanol–water partition coefficient (Wildman–Crippen LogP) is 4.25. The van der Waals surface area contributed by atoms with Crippen LogP contribution in [0.2, 0.25) is 0 Å². The van der Waals surface area contributed by atoms with Crippen molar-refractivity contribution in [3.63, 3.8) is 0 Å². The fourth-order valence-electron chi connectivity index (χ4n) is 1.66. The first-order chi connectivity index (χ1) is 7.38. The molecule has 2 aromatic rings. The summed E-state index contributed by atoms with van der Waals surface area (Å²) >= 11 is 0. The normalized spacial score (nSPS) is 12.6. The Morgan fingerprint density at radius 1 is 1.19 bits per heavy atom. The summed E-state index contributed by atoms with van der Waals surface area (Å²) < 4.78 is 5.75. The van der Waals surface area contributed by atoms with Crippen LogP contribution in [-0.4, -0.2) is 4.98 Å². The number of oxazole rings is 1. The molecule has 0 aliphatic heterocycles. The van der Waals surface area contributed by atoms with Gasteiger partial charge in [0.15, 0.2) is 11.5 Å². The van der Waals surface area contributed by atoms with Gasteiger partial charge in [0.25, 0.3) is 0 Å². The van der Waals surface area contributed by atoms with Crippen molar-refractivity contribution >= 4 is 11.1 Å². The molecule has 0 radical (unpaired) electrons. The Bertz CT molecular complexity index is 503. The first-order valence-corrected chi connectivity index (χ1v) is 5.79. The van der Waals surface area contributed by atoms with E-state index in [-0.39, 0.29) is 5.41 Å². The van der Waals surface area contributed by atoms with Crippen LogP contribution in [0.25, 0.3) is 11.1 Å². The number of nitrogens with zero attached hydrogens (tertiary/aromatic N) is 1. The molecule has 0 aliphatic carbocycles. The molecule has 16 heavy (non-hydrogen) atoms. The summed E-state index contributed by atoms with van der Waals surface area (Å²) in [4.78, 5) is 4.47. The maximum Gasteiger partial charge on any atom is 0.198 e. The second-order valence-electron chi connectivity index (χ2n) is 5.64. The van der Waals surface area contributed by atoms with Crippen LogP contribution in [0.4, 0.5) is 0 Å². The van der Waals surface area contributed by atoms with Crippen molar-refractivity contribution in [1.29, 1.82) is 0 Å². The third-order valence-corrected chi connectivity index (χ3v) is 2.76. The molecule has 0 fully saturated rings. The van der Waals surface area contributed by atoms with E-state index in [0.29, 0.717) is 5.92 Å². The van der Waals surface area contributed by atoms with Gasteiger partial charge in [-0.1, -0.05) is 40.7 Å². The first-order valence-electron chi connectivity index (χ1n) is 5.79. The minimum absolute atomic E-state index is 0.152. The number of fused-ring (bicyclic) bond motifs is 1. The lowest BCUT2D eigenvalue weighted by Crippen LogP contribution is -2.10. The maximum absolute atomic E-state index is 5.75. The molecule has 0 saturated heterocycles. The van der Waals surface area contributed by atoms with E-state index < -0.39 is 0 Å². The van der Waals surface area contributed by atoms with Crippen molar-refractivity contribution in [3.05, 3.63) is 29.7 Å². The van der Waals surface area contributed by atoms with E-state index in [1.54, 1.807) is 0 Å². The van der Waals surface area contributed by atoms with Crippen LogP contribution in [0, 0.1) is 0 Å². The van der Waals surface area contributed by atoms with Gasteiger partial charge in [-0.15, -0.1) is 0 Å². The van der Waals surface area contributed by atoms with E-state index in [4.69, 9.17) is 4.42 Å². The second-order valence-corrected chi connectivity index (χ2v) is 5.64. The lowest BCUT2D eigenvalue weighted by molar-refractivity contribution is 0.500. The van der Waals surface area contributed by atoms with Crippen molar-refractivity contribution in [1.82, 2.24) is 4.98 Å². The monoisotopic (exact) mass is 217 g/mol. The van der Waals surface area contributed by atoms with Crippen LogP contribution in [0.1, 0.15) is 52.0 Å². The van der Waals surface area contributed by atoms with Gasteiger partial charge >= 0.3 is 0 Å². The van der Waals surface area contributed by atoms with Crippen LogP contribution < -0.4 is 0 Å². The Hall–Kier alpha value is -1.31. The minimum Gasteiger partial charge on any atom is -0.440 e. The average Bonchev–Trinajstić information content (AvgIpc) is 2.58. The summed E-state index contributed by atoms with van der Waals surface area (Å²) in [5, 5.41) is 0. The summed E-state index contributed by atoms with van der Waals surface area (Å²) in [5.41, 5.74) is 3.29. The molecule has 0 aliphatic rings. The maximum atomic E-state index is 5.75. The molecule has 0 saturated carbocycles. The summed E-state index contributed by atoms with van der Waals surface area (Å²) in [6.45, 7) is 10.8. The van der Waals surface area contributed by atoms with Crippen molar-refractivity contribution in [2.24, 2.45) is 0 Å². The third-order valence-electron chi connectivity index (χ3n) is 2.76. The molecule has 1 aromatic carbocycles. The number of hydrogen-bond donors (Lipinski definition) is 0. The predicted molar refractivity (Wildman–Crippen MR) is 66.8 cm³/mol. The quantitative estimate of drug-likeness (QED) is 0.713. The van der Waals surface area contributed by atoms with E-state index in [2.05, 4.69) is 51.7 Å². The van der Waals surface area contributed by atoms with Crippen molar-refractivity contribution in [2.45, 2.75) is 46.0 Å². The highest BCUT2D eigenvalue weighted by Gasteiger charge is 2.16. The highest BCUT2D eigenvalue weighted by molar-refractivity contribution is 5.73. The summed E-state index contributed by atoms with van der Waals surface area (Å²) in [6.07, 6.45) is 0. The Kier molecular flexibility index (Phi) is 2.53. The summed E-state index contributed by atoms with van der Waals surface area (Å²) in [7, 11) is 0. The number of rotatable bonds is 1. The lowest BCUT2D eigenvalue weighted by atomic mass is 9.87. The molecular weight excluding hydrogens is 198 g/mol. The highest BCUT2D eigenvalue weighted by atomic mass is 16.3. The standard InChI is InChI=1S/C14H19NO/c1-9(2)13-15-11-7-6-10(14(3,4)5)8-12(11)16-13/h6-9H,1-5H3. The van der Waals surface area contributed by atoms with Gasteiger partial charge in [-0.2, -0.15) is 0 Å². The molecule has 1 aromatic heterocycles. The molecular formula is C14H19NO. The van der Waals surface area contributed by atoms with E-state index in [1.165, 1.54) is 5.56 Å². The number of hydrogen-bond acceptors (Lipinski definition) is 2. The van der Waals surface area contributed by atoms with E-state index in [0.717, 1.165) is 17.0 Å². The summed E-state index contributed by atoms with van der Waals surface area (Å²) in [5.74, 6) is 1.16. The molecule has 2 nitrogen and oxygen atoms in total. The van der Waals surface area contributed by atoms with E-state index in [9.17, 15) is 0 Å². The Balaban J connectivity index is 2.54. The second kappa shape index (κ2) is 3.62. The van der Waals surface area contributed by atoms with E-state index in [1.807, 2.05) is 6.07 Å². The molecule has 2 heteroatoms. The topological polar surface area (TPSA) is 26.0 Å². The van der Waals surface area contributed by atoms with Crippen LogP contribution in [-0.2, 0) is 5.41 Å². The van der Waals surface area contributed by atoms with E-state index >= 15 is 0 Å². The van der Waals surface area contributed by atoms with Crippen molar-refractivity contribution in [2.75, 3.05) is 0 Å². The molecule has 86 valence electrons. The zero-order valence-electron chi connectivity index (χ0n) is 10.7. The van der Waals surface area contributed by atoms with Gasteiger partial charge in [0.2, 0.25) is 0 Å². The minimum atomic E-state index is 0.152. The van der Waals surface area contributed by atoms with Gasteiger partial charge in [-0.3, -0.25) is 0 Å². The Morgan fingerprint density at radius 3 is 2.44 bits per heavy atom. The SMILES string of the molecule is CC(C)c1nc2ccc(C(C)(C)C)cc2o1. The van der Waals surface area contributed by atoms with Gasteiger partial charge in [0, 0.05) is 5.92 Å². The number of benzene rings is 1. The van der Waals surface area contributed by atoms with Crippen LogP contribution in [0.15, 0.2) is 22.6 Å². The molecule has 0 atom stereocenters. The van der Waals surface area contributed by atoms with Gasteiger partial charge in [-0.05, 0) is 23.1 Å². The molecule has 0 amide bonds. The fourth-order valence-corrected chi connectivity index (χ4v) is 1.66. The van der Waals surface area contributed by atoms with Gasteiger partial charge < -0.3 is 4.42 Å². The average molecular weight is 217 g/mol. The van der Waals surface area contributed by atoms with Gasteiger partial charge in [-0.25, -0.2) is 4.98 Å². The smallest absolute Gasteiger partial charge is 0.198 e. The first kappa shape index (κ1) is 11.2. The van der Waals surface area contributed by atoms with Crippen molar-refractivity contribution < 1.29 is 4.42 Å². The Morgan fingerprint density at radius 2 is 1.88 bits per heavy atom. The van der Waals surface area contributed by atoms with Gasteiger partial charge in [0.05, 0.1) is 0 Å². The van der Waals surface area contributed by atoms with Gasteiger partial charge in [0.1, 0.15) is 5.52 Å².